The normalized spacial score (nSPS) is 16.9. The van der Waals surface area contributed by atoms with E-state index < -0.39 is 0 Å². The van der Waals surface area contributed by atoms with Gasteiger partial charge in [-0.2, -0.15) is 0 Å². The van der Waals surface area contributed by atoms with Crippen LogP contribution in [-0.4, -0.2) is 13.1 Å². The molecule has 0 spiro atoms. The Bertz CT molecular complexity index is 587. The minimum atomic E-state index is 0.270. The number of hydrogen-bond donors (Lipinski definition) is 1. The Hall–Kier alpha value is -1.12. The fourth-order valence-corrected chi connectivity index (χ4v) is 3.49. The Kier molecular flexibility index (Phi) is 3.46. The summed E-state index contributed by atoms with van der Waals surface area (Å²) in [6.45, 7) is 4.37. The van der Waals surface area contributed by atoms with Crippen molar-refractivity contribution in [2.75, 3.05) is 13.1 Å². The van der Waals surface area contributed by atoms with Gasteiger partial charge >= 0.3 is 0 Å². The van der Waals surface area contributed by atoms with E-state index in [1.165, 1.54) is 16.7 Å². The lowest BCUT2D eigenvalue weighted by molar-refractivity contribution is 0.273. The van der Waals surface area contributed by atoms with Crippen LogP contribution in [0, 0.1) is 6.92 Å². The van der Waals surface area contributed by atoms with Gasteiger partial charge < -0.3 is 5.32 Å². The van der Waals surface area contributed by atoms with E-state index in [9.17, 15) is 0 Å². The number of benzene rings is 2. The van der Waals surface area contributed by atoms with E-state index >= 15 is 0 Å². The van der Waals surface area contributed by atoms with Gasteiger partial charge in [0.05, 0.1) is 0 Å². The van der Waals surface area contributed by atoms with Crippen LogP contribution in [0.3, 0.4) is 0 Å². The van der Waals surface area contributed by atoms with E-state index in [0.29, 0.717) is 0 Å². The van der Waals surface area contributed by atoms with Crippen LogP contribution in [0.5, 0.6) is 0 Å². The van der Waals surface area contributed by atoms with Crippen LogP contribution in [0.15, 0.2) is 53.0 Å². The fraction of sp³-hybridized carbons (Fsp3) is 0.294. The highest BCUT2D eigenvalue weighted by molar-refractivity contribution is 9.10. The molecular formula is C17H18BrN. The molecule has 1 N–H and O–H groups in total. The maximum absolute atomic E-state index is 3.56. The first-order chi connectivity index (χ1) is 9.20. The SMILES string of the molecule is Cc1ccccc1C1(Cc2cccc(Br)c2)CNC1. The Morgan fingerprint density at radius 3 is 2.53 bits per heavy atom. The molecule has 1 aliphatic heterocycles. The van der Waals surface area contributed by atoms with Crippen LogP contribution in [0.25, 0.3) is 0 Å². The zero-order chi connectivity index (χ0) is 13.3. The lowest BCUT2D eigenvalue weighted by Gasteiger charge is -2.44. The summed E-state index contributed by atoms with van der Waals surface area (Å²) in [7, 11) is 0. The smallest absolute Gasteiger partial charge is 0.0245 e. The third kappa shape index (κ3) is 2.47. The van der Waals surface area contributed by atoms with Crippen molar-refractivity contribution in [1.82, 2.24) is 5.32 Å². The van der Waals surface area contributed by atoms with Crippen molar-refractivity contribution in [2.45, 2.75) is 18.8 Å². The van der Waals surface area contributed by atoms with Gasteiger partial charge in [0, 0.05) is 23.0 Å². The number of aryl methyl sites for hydroxylation is 1. The van der Waals surface area contributed by atoms with E-state index in [2.05, 4.69) is 76.7 Å². The molecule has 98 valence electrons. The van der Waals surface area contributed by atoms with Gasteiger partial charge in [0.2, 0.25) is 0 Å². The van der Waals surface area contributed by atoms with E-state index in [-0.39, 0.29) is 5.41 Å². The van der Waals surface area contributed by atoms with Crippen LogP contribution in [-0.2, 0) is 11.8 Å². The summed E-state index contributed by atoms with van der Waals surface area (Å²) in [5, 5.41) is 3.45. The van der Waals surface area contributed by atoms with E-state index in [1.54, 1.807) is 0 Å². The molecule has 2 aromatic carbocycles. The third-order valence-corrected chi connectivity index (χ3v) is 4.57. The minimum Gasteiger partial charge on any atom is -0.315 e. The number of halogens is 1. The van der Waals surface area contributed by atoms with Gasteiger partial charge in [-0.05, 0) is 42.2 Å². The topological polar surface area (TPSA) is 12.0 Å². The highest BCUT2D eigenvalue weighted by Crippen LogP contribution is 2.34. The molecule has 2 aromatic rings. The molecule has 19 heavy (non-hydrogen) atoms. The van der Waals surface area contributed by atoms with E-state index in [4.69, 9.17) is 0 Å². The van der Waals surface area contributed by atoms with Crippen LogP contribution >= 0.6 is 15.9 Å². The molecule has 0 aromatic heterocycles. The second-order valence-corrected chi connectivity index (χ2v) is 6.42. The van der Waals surface area contributed by atoms with E-state index in [0.717, 1.165) is 24.0 Å². The largest absolute Gasteiger partial charge is 0.315 e. The molecular weight excluding hydrogens is 298 g/mol. The molecule has 0 saturated carbocycles. The first-order valence-electron chi connectivity index (χ1n) is 6.71. The fourth-order valence-electron chi connectivity index (χ4n) is 3.04. The van der Waals surface area contributed by atoms with Gasteiger partial charge in [0.1, 0.15) is 0 Å². The average Bonchev–Trinajstić information content (AvgIpc) is 2.35. The predicted octanol–water partition coefficient (Wildman–Crippen LogP) is 3.84. The third-order valence-electron chi connectivity index (χ3n) is 4.07. The zero-order valence-corrected chi connectivity index (χ0v) is 12.7. The van der Waals surface area contributed by atoms with E-state index in [1.807, 2.05) is 0 Å². The van der Waals surface area contributed by atoms with Gasteiger partial charge in [-0.1, -0.05) is 52.3 Å². The number of rotatable bonds is 3. The van der Waals surface area contributed by atoms with Crippen molar-refractivity contribution >= 4 is 15.9 Å². The molecule has 1 saturated heterocycles. The second kappa shape index (κ2) is 5.10. The average molecular weight is 316 g/mol. The quantitative estimate of drug-likeness (QED) is 0.907. The lowest BCUT2D eigenvalue weighted by Crippen LogP contribution is -2.58. The highest BCUT2D eigenvalue weighted by atomic mass is 79.9. The van der Waals surface area contributed by atoms with Crippen molar-refractivity contribution in [3.8, 4) is 0 Å². The van der Waals surface area contributed by atoms with Gasteiger partial charge in [-0.3, -0.25) is 0 Å². The molecule has 1 nitrogen and oxygen atoms in total. The first-order valence-corrected chi connectivity index (χ1v) is 7.50. The lowest BCUT2D eigenvalue weighted by atomic mass is 9.69. The van der Waals surface area contributed by atoms with Crippen LogP contribution in [0.1, 0.15) is 16.7 Å². The van der Waals surface area contributed by atoms with Gasteiger partial charge in [0.15, 0.2) is 0 Å². The standard InChI is InChI=1S/C17H18BrN/c1-13-5-2-3-8-16(13)17(11-19-12-17)10-14-6-4-7-15(18)9-14/h2-9,19H,10-12H2,1H3. The molecule has 3 rings (SSSR count). The zero-order valence-electron chi connectivity index (χ0n) is 11.1. The van der Waals surface area contributed by atoms with Crippen molar-refractivity contribution in [1.29, 1.82) is 0 Å². The van der Waals surface area contributed by atoms with Crippen LogP contribution in [0.4, 0.5) is 0 Å². The minimum absolute atomic E-state index is 0.270. The Balaban J connectivity index is 1.94. The first kappa shape index (κ1) is 12.9. The van der Waals surface area contributed by atoms with Crippen LogP contribution in [0.2, 0.25) is 0 Å². The molecule has 1 aliphatic rings. The van der Waals surface area contributed by atoms with Gasteiger partial charge in [0.25, 0.3) is 0 Å². The van der Waals surface area contributed by atoms with Crippen molar-refractivity contribution < 1.29 is 0 Å². The van der Waals surface area contributed by atoms with Crippen molar-refractivity contribution in [3.63, 3.8) is 0 Å². The Morgan fingerprint density at radius 2 is 1.89 bits per heavy atom. The highest BCUT2D eigenvalue weighted by Gasteiger charge is 2.39. The summed E-state index contributed by atoms with van der Waals surface area (Å²) in [6.07, 6.45) is 1.10. The Labute approximate surface area is 123 Å². The molecule has 2 heteroatoms. The van der Waals surface area contributed by atoms with Crippen molar-refractivity contribution in [3.05, 3.63) is 69.7 Å². The second-order valence-electron chi connectivity index (χ2n) is 5.51. The molecule has 0 bridgehead atoms. The molecule has 0 unspecified atom stereocenters. The van der Waals surface area contributed by atoms with Gasteiger partial charge in [-0.25, -0.2) is 0 Å². The molecule has 0 atom stereocenters. The predicted molar refractivity (Wildman–Crippen MR) is 83.6 cm³/mol. The summed E-state index contributed by atoms with van der Waals surface area (Å²) >= 11 is 3.56. The summed E-state index contributed by atoms with van der Waals surface area (Å²) in [6, 6.07) is 17.5. The maximum atomic E-state index is 3.56. The maximum Gasteiger partial charge on any atom is 0.0245 e. The molecule has 1 heterocycles. The number of nitrogens with one attached hydrogen (secondary N) is 1. The molecule has 1 fully saturated rings. The number of hydrogen-bond acceptors (Lipinski definition) is 1. The summed E-state index contributed by atoms with van der Waals surface area (Å²) in [5.74, 6) is 0. The molecule has 0 radical (unpaired) electrons. The summed E-state index contributed by atoms with van der Waals surface area (Å²) in [4.78, 5) is 0. The molecule has 0 aliphatic carbocycles. The summed E-state index contributed by atoms with van der Waals surface area (Å²) in [5.41, 5.74) is 4.57. The monoisotopic (exact) mass is 315 g/mol. The molecule has 0 amide bonds. The van der Waals surface area contributed by atoms with Crippen molar-refractivity contribution in [2.24, 2.45) is 0 Å². The Morgan fingerprint density at radius 1 is 1.11 bits per heavy atom. The summed E-state index contributed by atoms with van der Waals surface area (Å²) < 4.78 is 1.16. The van der Waals surface area contributed by atoms with Gasteiger partial charge in [-0.15, -0.1) is 0 Å². The van der Waals surface area contributed by atoms with Crippen LogP contribution < -0.4 is 5.32 Å².